The van der Waals surface area contributed by atoms with Crippen molar-refractivity contribution >= 4 is 0 Å². The zero-order valence-corrected chi connectivity index (χ0v) is 13.1. The van der Waals surface area contributed by atoms with E-state index in [-0.39, 0.29) is 12.6 Å². The van der Waals surface area contributed by atoms with E-state index in [4.69, 9.17) is 4.42 Å². The Kier molecular flexibility index (Phi) is 4.91. The molecule has 1 N–H and O–H groups in total. The zero-order chi connectivity index (χ0) is 17.2. The minimum Gasteiger partial charge on any atom is -0.444 e. The number of rotatable bonds is 4. The molecule has 1 aliphatic heterocycles. The highest BCUT2D eigenvalue weighted by Crippen LogP contribution is 2.31. The summed E-state index contributed by atoms with van der Waals surface area (Å²) in [6.07, 6.45) is 0.321. The van der Waals surface area contributed by atoms with E-state index in [0.29, 0.717) is 23.7 Å². The Morgan fingerprint density at radius 3 is 2.62 bits per heavy atom. The van der Waals surface area contributed by atoms with Crippen LogP contribution < -0.4 is 0 Å². The highest BCUT2D eigenvalue weighted by molar-refractivity contribution is 5.53. The highest BCUT2D eigenvalue weighted by Gasteiger charge is 2.30. The van der Waals surface area contributed by atoms with Crippen molar-refractivity contribution in [1.82, 2.24) is 9.88 Å². The summed E-state index contributed by atoms with van der Waals surface area (Å²) in [5.74, 6) is 0.302. The van der Waals surface area contributed by atoms with Crippen molar-refractivity contribution in [3.63, 3.8) is 0 Å². The molecule has 0 saturated carbocycles. The van der Waals surface area contributed by atoms with E-state index >= 15 is 0 Å². The Morgan fingerprint density at radius 1 is 1.21 bits per heavy atom. The molecule has 4 nitrogen and oxygen atoms in total. The molecule has 0 spiro atoms. The average Bonchev–Trinajstić information content (AvgIpc) is 3.03. The Hall–Kier alpha value is -1.86. The van der Waals surface area contributed by atoms with Gasteiger partial charge in [-0.15, -0.1) is 0 Å². The number of likely N-dealkylation sites (tertiary alicyclic amines) is 1. The Bertz CT molecular complexity index is 667. The van der Waals surface area contributed by atoms with Crippen LogP contribution in [0.4, 0.5) is 13.2 Å². The van der Waals surface area contributed by atoms with Gasteiger partial charge in [0.1, 0.15) is 6.26 Å². The van der Waals surface area contributed by atoms with Gasteiger partial charge in [-0.05, 0) is 43.7 Å². The third kappa shape index (κ3) is 3.79. The minimum atomic E-state index is -4.35. The molecular formula is C17H19F3N2O2. The molecule has 2 aromatic rings. The number of oxazole rings is 1. The minimum absolute atomic E-state index is 0.115. The largest absolute Gasteiger partial charge is 0.444 e. The number of aliphatic hydroxyl groups is 1. The van der Waals surface area contributed by atoms with Gasteiger partial charge in [-0.1, -0.05) is 6.42 Å². The summed E-state index contributed by atoms with van der Waals surface area (Å²) in [5, 5.41) is 9.44. The molecule has 3 rings (SSSR count). The van der Waals surface area contributed by atoms with Crippen molar-refractivity contribution < 1.29 is 22.7 Å². The zero-order valence-electron chi connectivity index (χ0n) is 13.1. The van der Waals surface area contributed by atoms with Crippen LogP contribution in [0.5, 0.6) is 0 Å². The lowest BCUT2D eigenvalue weighted by Crippen LogP contribution is -2.41. The van der Waals surface area contributed by atoms with Crippen molar-refractivity contribution in [3.05, 3.63) is 41.8 Å². The summed E-state index contributed by atoms with van der Waals surface area (Å²) < 4.78 is 43.2. The molecule has 7 heteroatoms. The number of alkyl halides is 3. The smallest absolute Gasteiger partial charge is 0.416 e. The summed E-state index contributed by atoms with van der Waals surface area (Å²) in [6, 6.07) is 4.88. The van der Waals surface area contributed by atoms with Crippen LogP contribution >= 0.6 is 0 Å². The quantitative estimate of drug-likeness (QED) is 0.922. The molecule has 0 bridgehead atoms. The second-order valence-corrected chi connectivity index (χ2v) is 6.02. The number of benzene rings is 1. The maximum atomic E-state index is 12.6. The molecule has 1 fully saturated rings. The number of hydrogen-bond donors (Lipinski definition) is 1. The summed E-state index contributed by atoms with van der Waals surface area (Å²) in [4.78, 5) is 6.53. The van der Waals surface area contributed by atoms with E-state index < -0.39 is 11.7 Å². The number of halogens is 3. The van der Waals surface area contributed by atoms with E-state index in [9.17, 15) is 18.3 Å². The molecule has 1 aromatic carbocycles. The van der Waals surface area contributed by atoms with Gasteiger partial charge in [-0.3, -0.25) is 4.90 Å². The van der Waals surface area contributed by atoms with Crippen molar-refractivity contribution in [2.75, 3.05) is 13.2 Å². The number of piperidine rings is 1. The van der Waals surface area contributed by atoms with Crippen LogP contribution in [-0.2, 0) is 12.7 Å². The third-order valence-corrected chi connectivity index (χ3v) is 4.34. The number of aliphatic hydroxyl groups excluding tert-OH is 1. The highest BCUT2D eigenvalue weighted by atomic mass is 19.4. The monoisotopic (exact) mass is 340 g/mol. The number of nitrogens with zero attached hydrogens (tertiary/aromatic N) is 2. The lowest BCUT2D eigenvalue weighted by Gasteiger charge is -2.33. The molecule has 24 heavy (non-hydrogen) atoms. The summed E-state index contributed by atoms with van der Waals surface area (Å²) in [6.45, 7) is 1.58. The Morgan fingerprint density at radius 2 is 1.96 bits per heavy atom. The molecule has 0 radical (unpaired) electrons. The van der Waals surface area contributed by atoms with E-state index in [2.05, 4.69) is 9.88 Å². The topological polar surface area (TPSA) is 49.5 Å². The van der Waals surface area contributed by atoms with Gasteiger partial charge in [0.2, 0.25) is 5.89 Å². The standard InChI is InChI=1S/C17H19F3N2O2/c18-17(19,20)13-6-4-12(5-7-13)16-21-14(11-24-16)9-22-8-2-1-3-15(22)10-23/h4-7,11,15,23H,1-3,8-10H2/t15-/m1/s1. The first-order valence-corrected chi connectivity index (χ1v) is 7.94. The van der Waals surface area contributed by atoms with Gasteiger partial charge in [0.25, 0.3) is 0 Å². The molecule has 130 valence electrons. The van der Waals surface area contributed by atoms with Gasteiger partial charge in [0.15, 0.2) is 0 Å². The molecule has 0 unspecified atom stereocenters. The van der Waals surface area contributed by atoms with E-state index in [1.54, 1.807) is 0 Å². The SMILES string of the molecule is OC[C@H]1CCCCN1Cc1coc(-c2ccc(C(F)(F)F)cc2)n1. The van der Waals surface area contributed by atoms with Crippen molar-refractivity contribution in [1.29, 1.82) is 0 Å². The molecular weight excluding hydrogens is 321 g/mol. The summed E-state index contributed by atoms with van der Waals surface area (Å²) in [5.41, 5.74) is 0.522. The Labute approximate surface area is 137 Å². The maximum absolute atomic E-state index is 12.6. The third-order valence-electron chi connectivity index (χ3n) is 4.34. The first-order valence-electron chi connectivity index (χ1n) is 7.94. The lowest BCUT2D eigenvalue weighted by atomic mass is 10.0. The molecule has 1 aliphatic rings. The fourth-order valence-corrected chi connectivity index (χ4v) is 3.00. The first-order chi connectivity index (χ1) is 11.5. The predicted molar refractivity (Wildman–Crippen MR) is 82.1 cm³/mol. The number of hydrogen-bond acceptors (Lipinski definition) is 4. The van der Waals surface area contributed by atoms with E-state index in [1.165, 1.54) is 18.4 Å². The van der Waals surface area contributed by atoms with Crippen molar-refractivity contribution in [2.45, 2.75) is 38.0 Å². The van der Waals surface area contributed by atoms with Gasteiger partial charge >= 0.3 is 6.18 Å². The van der Waals surface area contributed by atoms with Gasteiger partial charge in [-0.25, -0.2) is 4.98 Å². The van der Waals surface area contributed by atoms with Gasteiger partial charge < -0.3 is 9.52 Å². The first kappa shape index (κ1) is 17.0. The van der Waals surface area contributed by atoms with E-state index in [1.807, 2.05) is 0 Å². The second-order valence-electron chi connectivity index (χ2n) is 6.02. The van der Waals surface area contributed by atoms with Crippen LogP contribution in [0.15, 0.2) is 34.9 Å². The second kappa shape index (κ2) is 6.94. The molecule has 0 aliphatic carbocycles. The Balaban J connectivity index is 1.71. The van der Waals surface area contributed by atoms with Gasteiger partial charge in [0, 0.05) is 18.2 Å². The van der Waals surface area contributed by atoms with Crippen LogP contribution in [0.3, 0.4) is 0 Å². The fraction of sp³-hybridized carbons (Fsp3) is 0.471. The molecule has 2 heterocycles. The summed E-state index contributed by atoms with van der Waals surface area (Å²) >= 11 is 0. The van der Waals surface area contributed by atoms with Crippen LogP contribution in [0.25, 0.3) is 11.5 Å². The van der Waals surface area contributed by atoms with Gasteiger partial charge in [-0.2, -0.15) is 13.2 Å². The maximum Gasteiger partial charge on any atom is 0.416 e. The van der Waals surface area contributed by atoms with Crippen LogP contribution in [0.2, 0.25) is 0 Å². The fourth-order valence-electron chi connectivity index (χ4n) is 3.00. The lowest BCUT2D eigenvalue weighted by molar-refractivity contribution is -0.137. The molecule has 1 saturated heterocycles. The normalized spacial score (nSPS) is 19.6. The predicted octanol–water partition coefficient (Wildman–Crippen LogP) is 3.71. The van der Waals surface area contributed by atoms with Gasteiger partial charge in [0.05, 0.1) is 17.9 Å². The molecule has 1 atom stereocenters. The van der Waals surface area contributed by atoms with Crippen molar-refractivity contribution in [3.8, 4) is 11.5 Å². The molecule has 1 aromatic heterocycles. The summed E-state index contributed by atoms with van der Waals surface area (Å²) in [7, 11) is 0. The number of aromatic nitrogens is 1. The van der Waals surface area contributed by atoms with Crippen LogP contribution in [-0.4, -0.2) is 34.2 Å². The van der Waals surface area contributed by atoms with Crippen LogP contribution in [0, 0.1) is 0 Å². The average molecular weight is 340 g/mol. The van der Waals surface area contributed by atoms with E-state index in [0.717, 1.165) is 37.9 Å². The molecule has 0 amide bonds. The van der Waals surface area contributed by atoms with Crippen LogP contribution in [0.1, 0.15) is 30.5 Å². The van der Waals surface area contributed by atoms with Crippen molar-refractivity contribution in [2.24, 2.45) is 0 Å².